The molecule has 0 atom stereocenters. The number of rotatable bonds is 8. The number of nitrogens with zero attached hydrogens (tertiary/aromatic N) is 5. The number of anilines is 1. The number of methoxy groups -OCH3 is 1. The number of benzene rings is 2. The number of carbonyl (C=O) groups is 1. The van der Waals surface area contributed by atoms with Crippen molar-refractivity contribution in [2.24, 2.45) is 0 Å². The van der Waals surface area contributed by atoms with E-state index in [1.165, 1.54) is 23.5 Å². The number of thiazole rings is 1. The SMILES string of the molecule is COc1ccc2nc(N(CCn3cccn3)C(=O)c3ccc(S(=O)(=O)N4CCCCCC4)cc3)sc2c1. The molecular formula is C26H29N5O4S2. The van der Waals surface area contributed by atoms with Gasteiger partial charge in [0.25, 0.3) is 5.91 Å². The summed E-state index contributed by atoms with van der Waals surface area (Å²) >= 11 is 1.41. The van der Waals surface area contributed by atoms with E-state index in [9.17, 15) is 13.2 Å². The van der Waals surface area contributed by atoms with Crippen LogP contribution in [0.2, 0.25) is 0 Å². The van der Waals surface area contributed by atoms with Gasteiger partial charge < -0.3 is 4.74 Å². The third-order valence-electron chi connectivity index (χ3n) is 6.48. The average Bonchev–Trinajstić information content (AvgIpc) is 3.50. The van der Waals surface area contributed by atoms with Gasteiger partial charge in [0.1, 0.15) is 5.75 Å². The Hall–Kier alpha value is -3.28. The van der Waals surface area contributed by atoms with E-state index in [0.29, 0.717) is 36.9 Å². The molecule has 5 rings (SSSR count). The van der Waals surface area contributed by atoms with Crippen molar-refractivity contribution in [3.05, 3.63) is 66.5 Å². The Bertz CT molecular complexity index is 1460. The molecule has 4 aromatic rings. The van der Waals surface area contributed by atoms with Gasteiger partial charge in [-0.25, -0.2) is 13.4 Å². The summed E-state index contributed by atoms with van der Waals surface area (Å²) in [6.45, 7) is 1.91. The molecule has 1 saturated heterocycles. The monoisotopic (exact) mass is 539 g/mol. The third kappa shape index (κ3) is 5.53. The Morgan fingerprint density at radius 1 is 1.08 bits per heavy atom. The quantitative estimate of drug-likeness (QED) is 0.329. The second-order valence-corrected chi connectivity index (χ2v) is 11.8. The fourth-order valence-electron chi connectivity index (χ4n) is 4.41. The van der Waals surface area contributed by atoms with E-state index in [2.05, 4.69) is 5.10 Å². The van der Waals surface area contributed by atoms with Crippen LogP contribution in [0.15, 0.2) is 65.8 Å². The maximum Gasteiger partial charge on any atom is 0.260 e. The summed E-state index contributed by atoms with van der Waals surface area (Å²) in [7, 11) is -1.98. The van der Waals surface area contributed by atoms with Gasteiger partial charge in [-0.2, -0.15) is 9.40 Å². The highest BCUT2D eigenvalue weighted by atomic mass is 32.2. The zero-order valence-corrected chi connectivity index (χ0v) is 22.2. The van der Waals surface area contributed by atoms with Crippen LogP contribution in [-0.2, 0) is 16.6 Å². The first-order chi connectivity index (χ1) is 18.0. The summed E-state index contributed by atoms with van der Waals surface area (Å²) in [6, 6.07) is 13.7. The highest BCUT2D eigenvalue weighted by Crippen LogP contribution is 2.32. The number of carbonyl (C=O) groups excluding carboxylic acids is 1. The van der Waals surface area contributed by atoms with Crippen LogP contribution >= 0.6 is 11.3 Å². The lowest BCUT2D eigenvalue weighted by atomic mass is 10.2. The normalized spacial score (nSPS) is 14.9. The van der Waals surface area contributed by atoms with Crippen LogP contribution < -0.4 is 9.64 Å². The van der Waals surface area contributed by atoms with Crippen LogP contribution in [0.3, 0.4) is 0 Å². The molecule has 1 aliphatic heterocycles. The molecule has 37 heavy (non-hydrogen) atoms. The minimum absolute atomic E-state index is 0.209. The zero-order chi connectivity index (χ0) is 25.8. The summed E-state index contributed by atoms with van der Waals surface area (Å²) in [5, 5.41) is 4.80. The van der Waals surface area contributed by atoms with E-state index >= 15 is 0 Å². The van der Waals surface area contributed by atoms with Gasteiger partial charge in [-0.15, -0.1) is 0 Å². The Morgan fingerprint density at radius 3 is 2.51 bits per heavy atom. The minimum atomic E-state index is -3.59. The van der Waals surface area contributed by atoms with Gasteiger partial charge >= 0.3 is 0 Å². The largest absolute Gasteiger partial charge is 0.497 e. The number of fused-ring (bicyclic) bond motifs is 1. The van der Waals surface area contributed by atoms with Crippen molar-refractivity contribution >= 4 is 42.6 Å². The molecular weight excluding hydrogens is 510 g/mol. The molecule has 0 aliphatic carbocycles. The molecule has 0 unspecified atom stereocenters. The van der Waals surface area contributed by atoms with Gasteiger partial charge in [0.15, 0.2) is 5.13 Å². The maximum atomic E-state index is 13.7. The van der Waals surface area contributed by atoms with E-state index in [-0.39, 0.29) is 10.8 Å². The predicted octanol–water partition coefficient (Wildman–Crippen LogP) is 4.41. The Morgan fingerprint density at radius 2 is 1.84 bits per heavy atom. The number of hydrogen-bond donors (Lipinski definition) is 0. The molecule has 0 saturated carbocycles. The van der Waals surface area contributed by atoms with Gasteiger partial charge in [0, 0.05) is 37.6 Å². The van der Waals surface area contributed by atoms with Gasteiger partial charge in [-0.05, 0) is 61.4 Å². The van der Waals surface area contributed by atoms with E-state index < -0.39 is 10.0 Å². The molecule has 2 aromatic carbocycles. The number of ether oxygens (including phenoxy) is 1. The summed E-state index contributed by atoms with van der Waals surface area (Å²) in [6.07, 6.45) is 7.37. The Labute approximate surface area is 220 Å². The molecule has 2 aromatic heterocycles. The minimum Gasteiger partial charge on any atom is -0.497 e. The highest BCUT2D eigenvalue weighted by molar-refractivity contribution is 7.89. The van der Waals surface area contributed by atoms with Gasteiger partial charge in [-0.1, -0.05) is 24.2 Å². The van der Waals surface area contributed by atoms with Crippen molar-refractivity contribution in [2.45, 2.75) is 37.1 Å². The topological polar surface area (TPSA) is 97.6 Å². The molecule has 0 bridgehead atoms. The second kappa shape index (κ2) is 11.0. The number of amides is 1. The summed E-state index contributed by atoms with van der Waals surface area (Å²) in [5.41, 5.74) is 1.17. The molecule has 0 N–H and O–H groups in total. The number of sulfonamides is 1. The second-order valence-electron chi connectivity index (χ2n) is 8.90. The summed E-state index contributed by atoms with van der Waals surface area (Å²) in [5.74, 6) is 0.468. The third-order valence-corrected chi connectivity index (χ3v) is 9.43. The number of aromatic nitrogens is 3. The van der Waals surface area contributed by atoms with Gasteiger partial charge in [0.2, 0.25) is 10.0 Å². The lowest BCUT2D eigenvalue weighted by Crippen LogP contribution is -2.34. The average molecular weight is 540 g/mol. The first-order valence-electron chi connectivity index (χ1n) is 12.3. The Kier molecular flexibility index (Phi) is 7.54. The van der Waals surface area contributed by atoms with Crippen LogP contribution in [0, 0.1) is 0 Å². The lowest BCUT2D eigenvalue weighted by molar-refractivity contribution is 0.0985. The maximum absolute atomic E-state index is 13.7. The molecule has 0 radical (unpaired) electrons. The van der Waals surface area contributed by atoms with E-state index in [4.69, 9.17) is 9.72 Å². The van der Waals surface area contributed by atoms with Crippen LogP contribution in [0.4, 0.5) is 5.13 Å². The molecule has 9 nitrogen and oxygen atoms in total. The molecule has 1 aliphatic rings. The molecule has 1 amide bonds. The summed E-state index contributed by atoms with van der Waals surface area (Å²) in [4.78, 5) is 20.2. The van der Waals surface area contributed by atoms with Gasteiger partial charge in [-0.3, -0.25) is 14.4 Å². The van der Waals surface area contributed by atoms with Crippen molar-refractivity contribution in [1.29, 1.82) is 0 Å². The standard InChI is InChI=1S/C26H29N5O4S2/c1-35-21-9-12-23-24(19-21)36-26(28-23)31(18-17-29-14-6-13-27-29)25(32)20-7-10-22(11-8-20)37(33,34)30-15-4-2-3-5-16-30/h6-14,19H,2-5,15-18H2,1H3. The predicted molar refractivity (Wildman–Crippen MR) is 144 cm³/mol. The Balaban J connectivity index is 1.42. The molecule has 0 spiro atoms. The van der Waals surface area contributed by atoms with Crippen LogP contribution in [0.25, 0.3) is 10.2 Å². The van der Waals surface area contributed by atoms with Crippen LogP contribution in [-0.4, -0.2) is 60.1 Å². The van der Waals surface area contributed by atoms with E-state index in [1.54, 1.807) is 39.3 Å². The van der Waals surface area contributed by atoms with Crippen molar-refractivity contribution in [1.82, 2.24) is 19.1 Å². The van der Waals surface area contributed by atoms with Gasteiger partial charge in [0.05, 0.1) is 28.8 Å². The van der Waals surface area contributed by atoms with Crippen LogP contribution in [0.5, 0.6) is 5.75 Å². The molecule has 1 fully saturated rings. The van der Waals surface area contributed by atoms with Crippen molar-refractivity contribution in [3.63, 3.8) is 0 Å². The van der Waals surface area contributed by atoms with Crippen molar-refractivity contribution < 1.29 is 17.9 Å². The first kappa shape index (κ1) is 25.4. The zero-order valence-electron chi connectivity index (χ0n) is 20.6. The fourth-order valence-corrected chi connectivity index (χ4v) is 6.95. The molecule has 194 valence electrons. The van der Waals surface area contributed by atoms with Crippen molar-refractivity contribution in [3.8, 4) is 5.75 Å². The number of hydrogen-bond acceptors (Lipinski definition) is 7. The summed E-state index contributed by atoms with van der Waals surface area (Å²) < 4.78 is 35.9. The smallest absolute Gasteiger partial charge is 0.260 e. The first-order valence-corrected chi connectivity index (χ1v) is 14.6. The highest BCUT2D eigenvalue weighted by Gasteiger charge is 2.26. The van der Waals surface area contributed by atoms with Crippen LogP contribution in [0.1, 0.15) is 36.0 Å². The van der Waals surface area contributed by atoms with E-state index in [0.717, 1.165) is 41.6 Å². The van der Waals surface area contributed by atoms with Crippen molar-refractivity contribution in [2.75, 3.05) is 31.6 Å². The molecule has 3 heterocycles. The molecule has 11 heteroatoms. The fraction of sp³-hybridized carbons (Fsp3) is 0.346. The lowest BCUT2D eigenvalue weighted by Gasteiger charge is -2.21. The van der Waals surface area contributed by atoms with E-state index in [1.807, 2.05) is 30.5 Å².